The molecule has 4 aliphatic carbocycles. The molecule has 7 atom stereocenters. The van der Waals surface area contributed by atoms with E-state index in [-0.39, 0.29) is 22.9 Å². The predicted molar refractivity (Wildman–Crippen MR) is 92.3 cm³/mol. The maximum absolute atomic E-state index is 12.5. The molecule has 0 spiro atoms. The molecule has 4 saturated carbocycles. The van der Waals surface area contributed by atoms with Crippen LogP contribution >= 0.6 is 0 Å². The average Bonchev–Trinajstić information content (AvgIpc) is 2.83. The van der Waals surface area contributed by atoms with E-state index in [9.17, 15) is 9.59 Å². The molecule has 3 heteroatoms. The van der Waals surface area contributed by atoms with Crippen LogP contribution in [0.5, 0.6) is 0 Å². The maximum atomic E-state index is 12.5. The lowest BCUT2D eigenvalue weighted by Crippen LogP contribution is -2.55. The van der Waals surface area contributed by atoms with Crippen molar-refractivity contribution in [3.63, 3.8) is 0 Å². The molecule has 4 rings (SSSR count). The first kappa shape index (κ1) is 16.6. The van der Waals surface area contributed by atoms with Gasteiger partial charge in [0.05, 0.1) is 0 Å². The van der Waals surface area contributed by atoms with E-state index in [1.807, 2.05) is 0 Å². The SMILES string of the molecule is CC(=O)OC1CC[C@H]2[C@@H]3CCC4C(=O)CCC[C@]4(C)[C@@H]3CC[C@]12C. The summed E-state index contributed by atoms with van der Waals surface area (Å²) in [5.41, 5.74) is 0.397. The molecule has 0 aromatic rings. The molecule has 4 fully saturated rings. The summed E-state index contributed by atoms with van der Waals surface area (Å²) >= 11 is 0. The topological polar surface area (TPSA) is 43.4 Å². The molecular formula is C21H32O3. The van der Waals surface area contributed by atoms with Gasteiger partial charge in [-0.1, -0.05) is 13.8 Å². The van der Waals surface area contributed by atoms with Gasteiger partial charge in [0, 0.05) is 24.7 Å². The number of carbonyl (C=O) groups excluding carboxylic acids is 2. The van der Waals surface area contributed by atoms with Crippen molar-refractivity contribution in [1.29, 1.82) is 0 Å². The van der Waals surface area contributed by atoms with Crippen LogP contribution in [-0.4, -0.2) is 17.9 Å². The number of hydrogen-bond donors (Lipinski definition) is 0. The number of hydrogen-bond acceptors (Lipinski definition) is 3. The van der Waals surface area contributed by atoms with Crippen molar-refractivity contribution in [2.24, 2.45) is 34.5 Å². The highest BCUT2D eigenvalue weighted by molar-refractivity contribution is 5.82. The summed E-state index contributed by atoms with van der Waals surface area (Å²) in [5, 5.41) is 0. The second-order valence-electron chi connectivity index (χ2n) is 9.55. The van der Waals surface area contributed by atoms with Gasteiger partial charge in [0.1, 0.15) is 11.9 Å². The molecule has 0 N–H and O–H groups in total. The standard InChI is InChI=1S/C21H32O3/c1-13(22)24-19-9-8-15-14-6-7-17-18(23)5-4-11-20(17,2)16(14)10-12-21(15,19)3/h14-17,19H,4-12H2,1-3H3/t14-,15-,16+,17?,19?,20+,21-/m0/s1. The smallest absolute Gasteiger partial charge is 0.302 e. The summed E-state index contributed by atoms with van der Waals surface area (Å²) in [6, 6.07) is 0. The van der Waals surface area contributed by atoms with E-state index >= 15 is 0 Å². The number of carbonyl (C=O) groups is 2. The molecule has 0 bridgehead atoms. The van der Waals surface area contributed by atoms with E-state index in [4.69, 9.17) is 4.74 Å². The van der Waals surface area contributed by atoms with Gasteiger partial charge in [0.2, 0.25) is 0 Å². The number of ketones is 1. The van der Waals surface area contributed by atoms with Crippen LogP contribution in [0.1, 0.15) is 78.6 Å². The third kappa shape index (κ3) is 2.22. The second-order valence-corrected chi connectivity index (χ2v) is 9.55. The first-order valence-corrected chi connectivity index (χ1v) is 10.1. The fourth-order valence-corrected chi connectivity index (χ4v) is 7.51. The molecule has 0 amide bonds. The predicted octanol–water partition coefficient (Wildman–Crippen LogP) is 4.53. The lowest BCUT2D eigenvalue weighted by molar-refractivity contribution is -0.164. The van der Waals surface area contributed by atoms with E-state index in [0.29, 0.717) is 23.5 Å². The van der Waals surface area contributed by atoms with Crippen LogP contribution in [0.2, 0.25) is 0 Å². The third-order valence-corrected chi connectivity index (χ3v) is 8.62. The van der Waals surface area contributed by atoms with Gasteiger partial charge in [-0.2, -0.15) is 0 Å². The third-order valence-electron chi connectivity index (χ3n) is 8.62. The van der Waals surface area contributed by atoms with Crippen LogP contribution < -0.4 is 0 Å². The fraction of sp³-hybridized carbons (Fsp3) is 0.905. The zero-order chi connectivity index (χ0) is 17.1. The molecule has 0 radical (unpaired) electrons. The second kappa shape index (κ2) is 5.57. The Kier molecular flexibility index (Phi) is 3.85. The molecule has 24 heavy (non-hydrogen) atoms. The van der Waals surface area contributed by atoms with Gasteiger partial charge in [-0.25, -0.2) is 0 Å². The average molecular weight is 332 g/mol. The van der Waals surface area contributed by atoms with E-state index < -0.39 is 0 Å². The van der Waals surface area contributed by atoms with Crippen molar-refractivity contribution in [2.75, 3.05) is 0 Å². The Balaban J connectivity index is 1.60. The molecular weight excluding hydrogens is 300 g/mol. The van der Waals surface area contributed by atoms with Crippen molar-refractivity contribution < 1.29 is 14.3 Å². The molecule has 0 aromatic carbocycles. The van der Waals surface area contributed by atoms with Crippen LogP contribution in [0.4, 0.5) is 0 Å². The highest BCUT2D eigenvalue weighted by Crippen LogP contribution is 2.66. The van der Waals surface area contributed by atoms with E-state index in [0.717, 1.165) is 38.0 Å². The minimum Gasteiger partial charge on any atom is -0.462 e. The Morgan fingerprint density at radius 3 is 2.50 bits per heavy atom. The lowest BCUT2D eigenvalue weighted by Gasteiger charge is -2.59. The maximum Gasteiger partial charge on any atom is 0.302 e. The molecule has 2 unspecified atom stereocenters. The van der Waals surface area contributed by atoms with Crippen molar-refractivity contribution in [1.82, 2.24) is 0 Å². The van der Waals surface area contributed by atoms with E-state index in [2.05, 4.69) is 13.8 Å². The van der Waals surface area contributed by atoms with Gasteiger partial charge >= 0.3 is 5.97 Å². The Hall–Kier alpha value is -0.860. The monoisotopic (exact) mass is 332 g/mol. The Bertz CT molecular complexity index is 555. The molecule has 0 saturated heterocycles. The van der Waals surface area contributed by atoms with Gasteiger partial charge in [0.15, 0.2) is 0 Å². The highest BCUT2D eigenvalue weighted by Gasteiger charge is 2.61. The number of esters is 1. The first-order chi connectivity index (χ1) is 11.4. The van der Waals surface area contributed by atoms with Gasteiger partial charge in [-0.05, 0) is 74.5 Å². The quantitative estimate of drug-likeness (QED) is 0.663. The van der Waals surface area contributed by atoms with Gasteiger partial charge in [-0.3, -0.25) is 9.59 Å². The summed E-state index contributed by atoms with van der Waals surface area (Å²) in [4.78, 5) is 24.0. The summed E-state index contributed by atoms with van der Waals surface area (Å²) < 4.78 is 5.72. The molecule has 0 aromatic heterocycles. The Morgan fingerprint density at radius 1 is 1.00 bits per heavy atom. The minimum atomic E-state index is -0.127. The normalized spacial score (nSPS) is 50.6. The van der Waals surface area contributed by atoms with E-state index in [1.54, 1.807) is 6.92 Å². The van der Waals surface area contributed by atoms with Gasteiger partial charge in [-0.15, -0.1) is 0 Å². The Morgan fingerprint density at radius 2 is 1.75 bits per heavy atom. The lowest BCUT2D eigenvalue weighted by atomic mass is 9.45. The highest BCUT2D eigenvalue weighted by atomic mass is 16.5. The largest absolute Gasteiger partial charge is 0.462 e. The summed E-state index contributed by atoms with van der Waals surface area (Å²) in [7, 11) is 0. The van der Waals surface area contributed by atoms with Gasteiger partial charge < -0.3 is 4.74 Å². The fourth-order valence-electron chi connectivity index (χ4n) is 7.51. The summed E-state index contributed by atoms with van der Waals surface area (Å²) in [5.74, 6) is 2.85. The van der Waals surface area contributed by atoms with Crippen molar-refractivity contribution in [3.8, 4) is 0 Å². The molecule has 0 heterocycles. The number of rotatable bonds is 1. The van der Waals surface area contributed by atoms with Crippen molar-refractivity contribution in [3.05, 3.63) is 0 Å². The number of Topliss-reactive ketones (excluding diaryl/α,β-unsaturated/α-hetero) is 1. The zero-order valence-electron chi connectivity index (χ0n) is 15.5. The zero-order valence-corrected chi connectivity index (χ0v) is 15.5. The van der Waals surface area contributed by atoms with E-state index in [1.165, 1.54) is 25.7 Å². The summed E-state index contributed by atoms with van der Waals surface area (Å²) in [6.45, 7) is 6.34. The van der Waals surface area contributed by atoms with Crippen LogP contribution in [0, 0.1) is 34.5 Å². The van der Waals surface area contributed by atoms with Crippen molar-refractivity contribution in [2.45, 2.75) is 84.7 Å². The van der Waals surface area contributed by atoms with Crippen molar-refractivity contribution >= 4 is 11.8 Å². The molecule has 134 valence electrons. The van der Waals surface area contributed by atoms with Crippen LogP contribution in [0.25, 0.3) is 0 Å². The molecule has 3 nitrogen and oxygen atoms in total. The van der Waals surface area contributed by atoms with Crippen LogP contribution in [0.15, 0.2) is 0 Å². The van der Waals surface area contributed by atoms with Gasteiger partial charge in [0.25, 0.3) is 0 Å². The Labute approximate surface area is 145 Å². The molecule has 0 aliphatic heterocycles. The first-order valence-electron chi connectivity index (χ1n) is 10.1. The van der Waals surface area contributed by atoms with Crippen LogP contribution in [0.3, 0.4) is 0 Å². The minimum absolute atomic E-state index is 0.111. The summed E-state index contributed by atoms with van der Waals surface area (Å²) in [6.07, 6.45) is 10.2. The van der Waals surface area contributed by atoms with Crippen LogP contribution in [-0.2, 0) is 14.3 Å². The number of ether oxygens (including phenoxy) is 1. The molecule has 4 aliphatic rings. The number of fused-ring (bicyclic) bond motifs is 5.